The highest BCUT2D eigenvalue weighted by Crippen LogP contribution is 2.27. The summed E-state index contributed by atoms with van der Waals surface area (Å²) in [5.41, 5.74) is 2.87. The van der Waals surface area contributed by atoms with Gasteiger partial charge in [0.15, 0.2) is 0 Å². The van der Waals surface area contributed by atoms with Crippen molar-refractivity contribution in [3.8, 4) is 0 Å². The molecule has 6 heteroatoms. The van der Waals surface area contributed by atoms with Gasteiger partial charge in [-0.05, 0) is 47.6 Å². The van der Waals surface area contributed by atoms with Crippen molar-refractivity contribution in [2.45, 2.75) is 19.4 Å². The molecule has 0 fully saturated rings. The molecule has 20 heavy (non-hydrogen) atoms. The fourth-order valence-corrected chi connectivity index (χ4v) is 2.83. The quantitative estimate of drug-likeness (QED) is 0.899. The molecule has 1 aromatic carbocycles. The van der Waals surface area contributed by atoms with Crippen LogP contribution >= 0.6 is 27.5 Å². The summed E-state index contributed by atoms with van der Waals surface area (Å²) in [7, 11) is 3.76. The molecule has 0 saturated heterocycles. The molecule has 1 N–H and O–H groups in total. The average molecular weight is 361 g/mol. The van der Waals surface area contributed by atoms with Crippen LogP contribution in [-0.4, -0.2) is 16.8 Å². The van der Waals surface area contributed by atoms with Gasteiger partial charge in [0.2, 0.25) is 0 Å². The molecule has 0 radical (unpaired) electrons. The SMILES string of the molecule is CNC(Cc1c(Br)c(C)nn1C)c1ccc(Cl)c(F)c1. The minimum Gasteiger partial charge on any atom is -0.313 e. The first-order valence-electron chi connectivity index (χ1n) is 6.24. The molecule has 2 rings (SSSR count). The first kappa shape index (κ1) is 15.5. The summed E-state index contributed by atoms with van der Waals surface area (Å²) in [6, 6.07) is 4.89. The summed E-state index contributed by atoms with van der Waals surface area (Å²) < 4.78 is 16.4. The Morgan fingerprint density at radius 1 is 1.50 bits per heavy atom. The molecule has 0 aliphatic carbocycles. The summed E-state index contributed by atoms with van der Waals surface area (Å²) in [4.78, 5) is 0. The fourth-order valence-electron chi connectivity index (χ4n) is 2.21. The smallest absolute Gasteiger partial charge is 0.142 e. The number of nitrogens with one attached hydrogen (secondary N) is 1. The van der Waals surface area contributed by atoms with E-state index in [0.717, 1.165) is 21.4 Å². The second-order valence-corrected chi connectivity index (χ2v) is 5.89. The number of aromatic nitrogens is 2. The van der Waals surface area contributed by atoms with Gasteiger partial charge >= 0.3 is 0 Å². The lowest BCUT2D eigenvalue weighted by atomic mass is 10.0. The van der Waals surface area contributed by atoms with Gasteiger partial charge in [0.25, 0.3) is 0 Å². The molecule has 1 aromatic heterocycles. The van der Waals surface area contributed by atoms with Crippen LogP contribution < -0.4 is 5.32 Å². The van der Waals surface area contributed by atoms with Crippen LogP contribution in [0.4, 0.5) is 4.39 Å². The molecule has 1 heterocycles. The number of benzene rings is 1. The molecular weight excluding hydrogens is 345 g/mol. The van der Waals surface area contributed by atoms with Crippen LogP contribution in [0.15, 0.2) is 22.7 Å². The van der Waals surface area contributed by atoms with Crippen molar-refractivity contribution < 1.29 is 4.39 Å². The van der Waals surface area contributed by atoms with Gasteiger partial charge < -0.3 is 5.32 Å². The maximum absolute atomic E-state index is 13.6. The Balaban J connectivity index is 2.31. The highest BCUT2D eigenvalue weighted by molar-refractivity contribution is 9.10. The molecule has 3 nitrogen and oxygen atoms in total. The van der Waals surface area contributed by atoms with E-state index in [2.05, 4.69) is 26.3 Å². The molecule has 0 saturated carbocycles. The molecule has 0 aliphatic rings. The zero-order chi connectivity index (χ0) is 14.9. The average Bonchev–Trinajstić information content (AvgIpc) is 2.65. The molecule has 1 atom stereocenters. The van der Waals surface area contributed by atoms with E-state index >= 15 is 0 Å². The van der Waals surface area contributed by atoms with Crippen molar-refractivity contribution in [2.24, 2.45) is 7.05 Å². The van der Waals surface area contributed by atoms with E-state index in [1.165, 1.54) is 6.07 Å². The van der Waals surface area contributed by atoms with Gasteiger partial charge in [0.05, 0.1) is 20.9 Å². The van der Waals surface area contributed by atoms with Crippen LogP contribution in [0.1, 0.15) is 23.0 Å². The number of hydrogen-bond donors (Lipinski definition) is 1. The molecule has 0 aliphatic heterocycles. The van der Waals surface area contributed by atoms with Crippen molar-refractivity contribution in [2.75, 3.05) is 7.05 Å². The van der Waals surface area contributed by atoms with Gasteiger partial charge in [-0.15, -0.1) is 0 Å². The summed E-state index contributed by atoms with van der Waals surface area (Å²) in [6.45, 7) is 1.95. The van der Waals surface area contributed by atoms with Crippen LogP contribution in [0.5, 0.6) is 0 Å². The van der Waals surface area contributed by atoms with Crippen LogP contribution in [0, 0.1) is 12.7 Å². The minimum atomic E-state index is -0.398. The van der Waals surface area contributed by atoms with E-state index in [1.807, 2.05) is 31.8 Å². The lowest BCUT2D eigenvalue weighted by Gasteiger charge is -2.17. The largest absolute Gasteiger partial charge is 0.313 e. The van der Waals surface area contributed by atoms with Crippen molar-refractivity contribution in [3.05, 3.63) is 50.5 Å². The minimum absolute atomic E-state index is 0.00660. The molecule has 1 unspecified atom stereocenters. The summed E-state index contributed by atoms with van der Waals surface area (Å²) >= 11 is 9.28. The Morgan fingerprint density at radius 2 is 2.20 bits per heavy atom. The molecular formula is C14H16BrClFN3. The number of hydrogen-bond acceptors (Lipinski definition) is 2. The van der Waals surface area contributed by atoms with Gasteiger partial charge in [0.1, 0.15) is 5.82 Å². The fraction of sp³-hybridized carbons (Fsp3) is 0.357. The number of nitrogens with zero attached hydrogens (tertiary/aromatic N) is 2. The Morgan fingerprint density at radius 3 is 2.70 bits per heavy atom. The van der Waals surface area contributed by atoms with Crippen molar-refractivity contribution in [1.29, 1.82) is 0 Å². The predicted octanol–water partition coefficient (Wildman–Crippen LogP) is 3.79. The van der Waals surface area contributed by atoms with E-state index in [9.17, 15) is 4.39 Å². The number of likely N-dealkylation sites (N-methyl/N-ethyl adjacent to an activating group) is 1. The van der Waals surface area contributed by atoms with E-state index < -0.39 is 5.82 Å². The van der Waals surface area contributed by atoms with Crippen molar-refractivity contribution in [3.63, 3.8) is 0 Å². The predicted molar refractivity (Wildman–Crippen MR) is 82.6 cm³/mol. The van der Waals surface area contributed by atoms with Gasteiger partial charge in [-0.2, -0.15) is 5.10 Å². The zero-order valence-electron chi connectivity index (χ0n) is 11.5. The maximum atomic E-state index is 13.6. The Kier molecular flexibility index (Phi) is 4.83. The zero-order valence-corrected chi connectivity index (χ0v) is 13.9. The standard InChI is InChI=1S/C14H16BrClFN3/c1-8-14(15)13(20(3)19-8)7-12(18-2)9-4-5-10(16)11(17)6-9/h4-6,12,18H,7H2,1-3H3. The summed E-state index contributed by atoms with van der Waals surface area (Å²) in [6.07, 6.45) is 0.704. The van der Waals surface area contributed by atoms with Crippen molar-refractivity contribution in [1.82, 2.24) is 15.1 Å². The third-order valence-corrected chi connectivity index (χ3v) is 4.69. The lowest BCUT2D eigenvalue weighted by Crippen LogP contribution is -2.20. The summed E-state index contributed by atoms with van der Waals surface area (Å²) in [5, 5.41) is 7.72. The van der Waals surface area contributed by atoms with Crippen LogP contribution in [0.2, 0.25) is 5.02 Å². The van der Waals surface area contributed by atoms with E-state index in [-0.39, 0.29) is 11.1 Å². The third-order valence-electron chi connectivity index (χ3n) is 3.35. The normalized spacial score (nSPS) is 12.7. The summed E-state index contributed by atoms with van der Waals surface area (Å²) in [5.74, 6) is -0.398. The van der Waals surface area contributed by atoms with Crippen LogP contribution in [0.25, 0.3) is 0 Å². The highest BCUT2D eigenvalue weighted by atomic mass is 79.9. The van der Waals surface area contributed by atoms with Crippen LogP contribution in [-0.2, 0) is 13.5 Å². The monoisotopic (exact) mass is 359 g/mol. The number of aryl methyl sites for hydroxylation is 2. The topological polar surface area (TPSA) is 29.9 Å². The van der Waals surface area contributed by atoms with Gasteiger partial charge in [-0.3, -0.25) is 4.68 Å². The molecule has 0 spiro atoms. The lowest BCUT2D eigenvalue weighted by molar-refractivity contribution is 0.553. The first-order chi connectivity index (χ1) is 9.43. The second kappa shape index (κ2) is 6.24. The van der Waals surface area contributed by atoms with Gasteiger partial charge in [-0.25, -0.2) is 4.39 Å². The maximum Gasteiger partial charge on any atom is 0.142 e. The Bertz CT molecular complexity index is 627. The number of rotatable bonds is 4. The Hall–Kier alpha value is -0.910. The van der Waals surface area contributed by atoms with Crippen molar-refractivity contribution >= 4 is 27.5 Å². The number of halogens is 3. The van der Waals surface area contributed by atoms with Gasteiger partial charge in [-0.1, -0.05) is 17.7 Å². The van der Waals surface area contributed by atoms with E-state index in [4.69, 9.17) is 11.6 Å². The van der Waals surface area contributed by atoms with E-state index in [1.54, 1.807) is 6.07 Å². The van der Waals surface area contributed by atoms with Gasteiger partial charge in [0, 0.05) is 19.5 Å². The highest BCUT2D eigenvalue weighted by Gasteiger charge is 2.18. The second-order valence-electron chi connectivity index (χ2n) is 4.69. The first-order valence-corrected chi connectivity index (χ1v) is 7.41. The molecule has 2 aromatic rings. The molecule has 0 bridgehead atoms. The Labute approximate surface area is 131 Å². The van der Waals surface area contributed by atoms with E-state index in [0.29, 0.717) is 6.42 Å². The molecule has 0 amide bonds. The van der Waals surface area contributed by atoms with Crippen LogP contribution in [0.3, 0.4) is 0 Å². The third kappa shape index (κ3) is 3.05. The molecule has 108 valence electrons.